The number of piperazine rings is 1. The summed E-state index contributed by atoms with van der Waals surface area (Å²) in [6.07, 6.45) is 3.37. The van der Waals surface area contributed by atoms with Gasteiger partial charge in [0.25, 0.3) is 0 Å². The molecular weight excluding hydrogens is 362 g/mol. The molecule has 150 valence electrons. The van der Waals surface area contributed by atoms with Crippen molar-refractivity contribution in [2.75, 3.05) is 39.3 Å². The lowest BCUT2D eigenvalue weighted by molar-refractivity contribution is -0.137. The summed E-state index contributed by atoms with van der Waals surface area (Å²) in [4.78, 5) is 17.2. The molecule has 1 atom stereocenters. The van der Waals surface area contributed by atoms with Gasteiger partial charge >= 0.3 is 0 Å². The number of rotatable bonds is 4. The van der Waals surface area contributed by atoms with Crippen LogP contribution in [0.5, 0.6) is 0 Å². The van der Waals surface area contributed by atoms with Crippen LogP contribution in [0.1, 0.15) is 37.3 Å². The molecule has 7 heteroatoms. The predicted molar refractivity (Wildman–Crippen MR) is 106 cm³/mol. The summed E-state index contributed by atoms with van der Waals surface area (Å²) in [6, 6.07) is 5.11. The number of aryl methyl sites for hydroxylation is 2. The van der Waals surface area contributed by atoms with Crippen LogP contribution >= 0.6 is 0 Å². The third kappa shape index (κ3) is 4.36. The minimum atomic E-state index is -3.48. The smallest absolute Gasteiger partial charge is 0.243 e. The second-order valence-electron chi connectivity index (χ2n) is 7.75. The Morgan fingerprint density at radius 1 is 0.926 bits per heavy atom. The minimum absolute atomic E-state index is 0.181. The van der Waals surface area contributed by atoms with Crippen LogP contribution in [0, 0.1) is 13.8 Å². The Morgan fingerprint density at radius 3 is 2.15 bits per heavy atom. The Labute approximate surface area is 163 Å². The van der Waals surface area contributed by atoms with E-state index in [0.717, 1.165) is 37.1 Å². The number of likely N-dealkylation sites (tertiary alicyclic amines) is 1. The fourth-order valence-electron chi connectivity index (χ4n) is 3.89. The number of benzene rings is 1. The van der Waals surface area contributed by atoms with Gasteiger partial charge in [0.2, 0.25) is 15.9 Å². The van der Waals surface area contributed by atoms with Gasteiger partial charge < -0.3 is 4.90 Å². The SMILES string of the molecule is Cc1ccc(S(=O)(=O)N2CCN(C(C)C(=O)N3CCCCC3)CC2)cc1C. The summed E-state index contributed by atoms with van der Waals surface area (Å²) < 4.78 is 27.4. The molecule has 0 N–H and O–H groups in total. The van der Waals surface area contributed by atoms with E-state index in [4.69, 9.17) is 0 Å². The van der Waals surface area contributed by atoms with Crippen LogP contribution in [0.4, 0.5) is 0 Å². The number of amides is 1. The van der Waals surface area contributed by atoms with Crippen LogP contribution in [0.2, 0.25) is 0 Å². The average molecular weight is 394 g/mol. The molecule has 2 fully saturated rings. The number of carbonyl (C=O) groups is 1. The van der Waals surface area contributed by atoms with E-state index in [9.17, 15) is 13.2 Å². The zero-order chi connectivity index (χ0) is 19.6. The van der Waals surface area contributed by atoms with E-state index < -0.39 is 10.0 Å². The molecule has 2 aliphatic rings. The van der Waals surface area contributed by atoms with Gasteiger partial charge in [-0.1, -0.05) is 6.07 Å². The quantitative estimate of drug-likeness (QED) is 0.785. The molecule has 2 saturated heterocycles. The third-order valence-corrected chi connectivity index (χ3v) is 7.86. The van der Waals surface area contributed by atoms with Gasteiger partial charge in [-0.05, 0) is 63.3 Å². The summed E-state index contributed by atoms with van der Waals surface area (Å²) >= 11 is 0. The van der Waals surface area contributed by atoms with Crippen LogP contribution in [0.25, 0.3) is 0 Å². The lowest BCUT2D eigenvalue weighted by Gasteiger charge is -2.39. The van der Waals surface area contributed by atoms with E-state index >= 15 is 0 Å². The average Bonchev–Trinajstić information content (AvgIpc) is 2.69. The Kier molecular flexibility index (Phi) is 6.23. The second kappa shape index (κ2) is 8.29. The number of hydrogen-bond acceptors (Lipinski definition) is 4. The molecule has 2 aliphatic heterocycles. The number of nitrogens with zero attached hydrogens (tertiary/aromatic N) is 3. The summed E-state index contributed by atoms with van der Waals surface area (Å²) in [5.74, 6) is 0.181. The first-order valence-corrected chi connectivity index (χ1v) is 11.3. The van der Waals surface area contributed by atoms with Crippen molar-refractivity contribution in [3.63, 3.8) is 0 Å². The Hall–Kier alpha value is -1.44. The highest BCUT2D eigenvalue weighted by atomic mass is 32.2. The molecule has 1 aromatic rings. The molecule has 0 aliphatic carbocycles. The first-order valence-electron chi connectivity index (χ1n) is 9.91. The molecule has 1 unspecified atom stereocenters. The van der Waals surface area contributed by atoms with Crippen LogP contribution in [0.15, 0.2) is 23.1 Å². The van der Waals surface area contributed by atoms with Crippen molar-refractivity contribution in [2.24, 2.45) is 0 Å². The molecule has 0 radical (unpaired) electrons. The summed E-state index contributed by atoms with van der Waals surface area (Å²) in [5, 5.41) is 0. The highest BCUT2D eigenvalue weighted by Gasteiger charge is 2.33. The normalized spacial score (nSPS) is 21.2. The fraction of sp³-hybridized carbons (Fsp3) is 0.650. The Morgan fingerprint density at radius 2 is 1.56 bits per heavy atom. The van der Waals surface area contributed by atoms with Crippen molar-refractivity contribution in [3.05, 3.63) is 29.3 Å². The van der Waals surface area contributed by atoms with Gasteiger partial charge in [-0.3, -0.25) is 9.69 Å². The van der Waals surface area contributed by atoms with E-state index in [0.29, 0.717) is 31.1 Å². The van der Waals surface area contributed by atoms with Crippen molar-refractivity contribution < 1.29 is 13.2 Å². The highest BCUT2D eigenvalue weighted by Crippen LogP contribution is 2.21. The molecule has 6 nitrogen and oxygen atoms in total. The summed E-state index contributed by atoms with van der Waals surface area (Å²) in [6.45, 7) is 9.58. The van der Waals surface area contributed by atoms with Crippen LogP contribution in [-0.4, -0.2) is 73.7 Å². The lowest BCUT2D eigenvalue weighted by Crippen LogP contribution is -2.55. The highest BCUT2D eigenvalue weighted by molar-refractivity contribution is 7.89. The summed E-state index contributed by atoms with van der Waals surface area (Å²) in [7, 11) is -3.48. The molecule has 0 aromatic heterocycles. The molecule has 0 spiro atoms. The lowest BCUT2D eigenvalue weighted by atomic mass is 10.1. The van der Waals surface area contributed by atoms with Gasteiger partial charge in [-0.2, -0.15) is 4.31 Å². The minimum Gasteiger partial charge on any atom is -0.341 e. The number of hydrogen-bond donors (Lipinski definition) is 0. The number of sulfonamides is 1. The Balaban J connectivity index is 1.62. The van der Waals surface area contributed by atoms with Gasteiger partial charge in [-0.15, -0.1) is 0 Å². The predicted octanol–water partition coefficient (Wildman–Crippen LogP) is 2.01. The molecule has 0 saturated carbocycles. The second-order valence-corrected chi connectivity index (χ2v) is 9.69. The maximum Gasteiger partial charge on any atom is 0.243 e. The van der Waals surface area contributed by atoms with Gasteiger partial charge in [0.1, 0.15) is 0 Å². The molecule has 1 aromatic carbocycles. The van der Waals surface area contributed by atoms with E-state index in [-0.39, 0.29) is 11.9 Å². The number of piperidine rings is 1. The van der Waals surface area contributed by atoms with E-state index in [1.165, 1.54) is 6.42 Å². The van der Waals surface area contributed by atoms with E-state index in [2.05, 4.69) is 4.90 Å². The first-order chi connectivity index (χ1) is 12.8. The largest absolute Gasteiger partial charge is 0.341 e. The number of carbonyl (C=O) groups excluding carboxylic acids is 1. The van der Waals surface area contributed by atoms with Crippen molar-refractivity contribution >= 4 is 15.9 Å². The van der Waals surface area contributed by atoms with Crippen molar-refractivity contribution in [3.8, 4) is 0 Å². The molecule has 0 bridgehead atoms. The monoisotopic (exact) mass is 393 g/mol. The standard InChI is InChI=1S/C20H31N3O3S/c1-16-7-8-19(15-17(16)2)27(25,26)23-13-11-21(12-14-23)18(3)20(24)22-9-5-4-6-10-22/h7-8,15,18H,4-6,9-14H2,1-3H3. The van der Waals surface area contributed by atoms with Crippen LogP contribution < -0.4 is 0 Å². The van der Waals surface area contributed by atoms with Gasteiger partial charge in [0, 0.05) is 39.3 Å². The fourth-order valence-corrected chi connectivity index (χ4v) is 5.40. The molecular formula is C20H31N3O3S. The Bertz CT molecular complexity index is 780. The maximum atomic E-state index is 12.9. The van der Waals surface area contributed by atoms with Crippen LogP contribution in [-0.2, 0) is 14.8 Å². The van der Waals surface area contributed by atoms with Crippen LogP contribution in [0.3, 0.4) is 0 Å². The van der Waals surface area contributed by atoms with Crippen molar-refractivity contribution in [1.82, 2.24) is 14.1 Å². The zero-order valence-corrected chi connectivity index (χ0v) is 17.5. The summed E-state index contributed by atoms with van der Waals surface area (Å²) in [5.41, 5.74) is 2.07. The van der Waals surface area contributed by atoms with E-state index in [1.807, 2.05) is 31.7 Å². The van der Waals surface area contributed by atoms with E-state index in [1.54, 1.807) is 16.4 Å². The zero-order valence-electron chi connectivity index (χ0n) is 16.6. The topological polar surface area (TPSA) is 60.9 Å². The molecule has 1 amide bonds. The van der Waals surface area contributed by atoms with Gasteiger partial charge in [0.15, 0.2) is 0 Å². The third-order valence-electron chi connectivity index (χ3n) is 5.96. The van der Waals surface area contributed by atoms with Gasteiger partial charge in [0.05, 0.1) is 10.9 Å². The molecule has 3 rings (SSSR count). The van der Waals surface area contributed by atoms with Crippen molar-refractivity contribution in [2.45, 2.75) is 51.0 Å². The van der Waals surface area contributed by atoms with Crippen molar-refractivity contribution in [1.29, 1.82) is 0 Å². The molecule has 2 heterocycles. The van der Waals surface area contributed by atoms with Gasteiger partial charge in [-0.25, -0.2) is 8.42 Å². The maximum absolute atomic E-state index is 12.9. The first kappa shape index (κ1) is 20.3. The molecule has 27 heavy (non-hydrogen) atoms.